The number of ether oxygens (including phenoxy) is 1. The molecular formula is C16H22F2N2O2. The van der Waals surface area contributed by atoms with Crippen molar-refractivity contribution in [3.05, 3.63) is 28.8 Å². The van der Waals surface area contributed by atoms with Crippen molar-refractivity contribution in [2.45, 2.75) is 33.3 Å². The predicted octanol–water partition coefficient (Wildman–Crippen LogP) is 2.63. The summed E-state index contributed by atoms with van der Waals surface area (Å²) in [5, 5.41) is 6.22. The monoisotopic (exact) mass is 312 g/mol. The number of nitrogens with one attached hydrogen (secondary N) is 2. The van der Waals surface area contributed by atoms with Crippen LogP contribution in [0.25, 0.3) is 0 Å². The van der Waals surface area contributed by atoms with Crippen LogP contribution >= 0.6 is 0 Å². The Morgan fingerprint density at radius 2 is 2.09 bits per heavy atom. The van der Waals surface area contributed by atoms with Crippen molar-refractivity contribution >= 4 is 5.91 Å². The molecule has 0 aliphatic carbocycles. The van der Waals surface area contributed by atoms with E-state index in [1.807, 2.05) is 0 Å². The highest BCUT2D eigenvalue weighted by molar-refractivity contribution is 5.94. The van der Waals surface area contributed by atoms with Crippen LogP contribution in [0.15, 0.2) is 12.1 Å². The lowest BCUT2D eigenvalue weighted by molar-refractivity contribution is -0.0507. The molecule has 1 aromatic rings. The summed E-state index contributed by atoms with van der Waals surface area (Å²) >= 11 is 0. The van der Waals surface area contributed by atoms with Gasteiger partial charge in [-0.3, -0.25) is 4.79 Å². The number of rotatable bonds is 5. The molecule has 1 aliphatic heterocycles. The molecule has 0 saturated carbocycles. The molecule has 1 amide bonds. The summed E-state index contributed by atoms with van der Waals surface area (Å²) in [4.78, 5) is 12.2. The van der Waals surface area contributed by atoms with Crippen LogP contribution < -0.4 is 15.4 Å². The minimum absolute atomic E-state index is 0.142. The molecule has 0 spiro atoms. The average Bonchev–Trinajstić information content (AvgIpc) is 2.49. The minimum atomic E-state index is -2.86. The lowest BCUT2D eigenvalue weighted by Crippen LogP contribution is -2.38. The van der Waals surface area contributed by atoms with Crippen LogP contribution in [0.1, 0.15) is 34.3 Å². The molecule has 1 heterocycles. The highest BCUT2D eigenvalue weighted by Crippen LogP contribution is 2.26. The second kappa shape index (κ2) is 7.54. The highest BCUT2D eigenvalue weighted by Gasteiger charge is 2.17. The van der Waals surface area contributed by atoms with E-state index in [0.717, 1.165) is 25.9 Å². The maximum absolute atomic E-state index is 12.4. The van der Waals surface area contributed by atoms with Gasteiger partial charge in [-0.05, 0) is 69.0 Å². The third-order valence-corrected chi connectivity index (χ3v) is 3.88. The Bertz CT molecular complexity index is 506. The topological polar surface area (TPSA) is 50.4 Å². The van der Waals surface area contributed by atoms with Gasteiger partial charge in [0.2, 0.25) is 0 Å². The fourth-order valence-corrected chi connectivity index (χ4v) is 2.79. The zero-order valence-electron chi connectivity index (χ0n) is 12.9. The summed E-state index contributed by atoms with van der Waals surface area (Å²) in [6.45, 7) is 3.03. The third kappa shape index (κ3) is 4.40. The summed E-state index contributed by atoms with van der Waals surface area (Å²) in [6, 6.07) is 3.17. The molecular weight excluding hydrogens is 290 g/mol. The lowest BCUT2D eigenvalue weighted by atomic mass is 9.99. The van der Waals surface area contributed by atoms with Gasteiger partial charge in [-0.25, -0.2) is 0 Å². The van der Waals surface area contributed by atoms with E-state index < -0.39 is 6.61 Å². The molecule has 1 aliphatic rings. The van der Waals surface area contributed by atoms with Crippen LogP contribution in [-0.4, -0.2) is 32.2 Å². The van der Waals surface area contributed by atoms with Crippen molar-refractivity contribution in [1.29, 1.82) is 0 Å². The first-order chi connectivity index (χ1) is 10.5. The van der Waals surface area contributed by atoms with E-state index in [0.29, 0.717) is 29.2 Å². The Kier molecular flexibility index (Phi) is 5.71. The molecule has 122 valence electrons. The Morgan fingerprint density at radius 1 is 1.41 bits per heavy atom. The van der Waals surface area contributed by atoms with E-state index in [9.17, 15) is 13.6 Å². The van der Waals surface area contributed by atoms with Gasteiger partial charge in [0.05, 0.1) is 0 Å². The molecule has 4 nitrogen and oxygen atoms in total. The van der Waals surface area contributed by atoms with Gasteiger partial charge in [-0.15, -0.1) is 0 Å². The normalized spacial score (nSPS) is 18.3. The van der Waals surface area contributed by atoms with Crippen LogP contribution in [0.2, 0.25) is 0 Å². The summed E-state index contributed by atoms with van der Waals surface area (Å²) in [5.74, 6) is 0.407. The average molecular weight is 312 g/mol. The maximum atomic E-state index is 12.4. The quantitative estimate of drug-likeness (QED) is 0.879. The van der Waals surface area contributed by atoms with Gasteiger partial charge in [0.15, 0.2) is 0 Å². The van der Waals surface area contributed by atoms with E-state index in [-0.39, 0.29) is 11.7 Å². The van der Waals surface area contributed by atoms with Crippen LogP contribution in [0.5, 0.6) is 5.75 Å². The van der Waals surface area contributed by atoms with E-state index in [2.05, 4.69) is 15.4 Å². The molecule has 1 aromatic carbocycles. The van der Waals surface area contributed by atoms with Crippen molar-refractivity contribution in [3.8, 4) is 5.75 Å². The number of alkyl halides is 2. The molecule has 1 atom stereocenters. The first-order valence-electron chi connectivity index (χ1n) is 7.52. The molecule has 2 rings (SSSR count). The van der Waals surface area contributed by atoms with E-state index in [1.54, 1.807) is 26.0 Å². The van der Waals surface area contributed by atoms with Crippen LogP contribution in [0, 0.1) is 19.8 Å². The van der Waals surface area contributed by atoms with Crippen molar-refractivity contribution in [2.24, 2.45) is 5.92 Å². The minimum Gasteiger partial charge on any atom is -0.434 e. The fourth-order valence-electron chi connectivity index (χ4n) is 2.79. The number of aryl methyl sites for hydroxylation is 2. The Balaban J connectivity index is 2.00. The zero-order valence-corrected chi connectivity index (χ0v) is 12.9. The van der Waals surface area contributed by atoms with Crippen molar-refractivity contribution in [1.82, 2.24) is 10.6 Å². The van der Waals surface area contributed by atoms with Crippen molar-refractivity contribution in [2.75, 3.05) is 19.6 Å². The number of carbonyl (C=O) groups excluding carboxylic acids is 1. The smallest absolute Gasteiger partial charge is 0.387 e. The summed E-state index contributed by atoms with van der Waals surface area (Å²) < 4.78 is 29.2. The second-order valence-corrected chi connectivity index (χ2v) is 5.74. The first kappa shape index (κ1) is 16.7. The molecule has 2 N–H and O–H groups in total. The Hall–Kier alpha value is -1.69. The fraction of sp³-hybridized carbons (Fsp3) is 0.562. The molecule has 6 heteroatoms. The van der Waals surface area contributed by atoms with Crippen LogP contribution in [-0.2, 0) is 0 Å². The third-order valence-electron chi connectivity index (χ3n) is 3.88. The summed E-state index contributed by atoms with van der Waals surface area (Å²) in [7, 11) is 0. The molecule has 0 radical (unpaired) electrons. The first-order valence-corrected chi connectivity index (χ1v) is 7.52. The van der Waals surface area contributed by atoms with Gasteiger partial charge in [0.25, 0.3) is 5.91 Å². The van der Waals surface area contributed by atoms with Crippen LogP contribution in [0.4, 0.5) is 8.78 Å². The maximum Gasteiger partial charge on any atom is 0.387 e. The van der Waals surface area contributed by atoms with Gasteiger partial charge in [-0.2, -0.15) is 8.78 Å². The van der Waals surface area contributed by atoms with Gasteiger partial charge < -0.3 is 15.4 Å². The number of benzene rings is 1. The second-order valence-electron chi connectivity index (χ2n) is 5.74. The summed E-state index contributed by atoms with van der Waals surface area (Å²) in [5.41, 5.74) is 1.54. The largest absolute Gasteiger partial charge is 0.434 e. The zero-order chi connectivity index (χ0) is 16.1. The highest BCUT2D eigenvalue weighted by atomic mass is 19.3. The number of halogens is 2. The van der Waals surface area contributed by atoms with Gasteiger partial charge in [0, 0.05) is 12.1 Å². The molecule has 0 aromatic heterocycles. The Morgan fingerprint density at radius 3 is 2.64 bits per heavy atom. The van der Waals surface area contributed by atoms with E-state index in [4.69, 9.17) is 0 Å². The standard InChI is InChI=1S/C16H22F2N2O2/c1-10-6-13(7-11(2)14(10)22-16(17)18)15(21)20-9-12-4-3-5-19-8-12/h6-7,12,16,19H,3-5,8-9H2,1-2H3,(H,20,21). The number of carbonyl (C=O) groups is 1. The van der Waals surface area contributed by atoms with Gasteiger partial charge in [0.1, 0.15) is 5.75 Å². The number of piperidine rings is 1. The summed E-state index contributed by atoms with van der Waals surface area (Å²) in [6.07, 6.45) is 2.23. The molecule has 1 saturated heterocycles. The Labute approximate surface area is 129 Å². The van der Waals surface area contributed by atoms with E-state index in [1.165, 1.54) is 0 Å². The molecule has 0 bridgehead atoms. The number of hydrogen-bond donors (Lipinski definition) is 2. The van der Waals surface area contributed by atoms with Gasteiger partial charge in [-0.1, -0.05) is 0 Å². The molecule has 1 fully saturated rings. The SMILES string of the molecule is Cc1cc(C(=O)NCC2CCCNC2)cc(C)c1OC(F)F. The van der Waals surface area contributed by atoms with Crippen molar-refractivity contribution < 1.29 is 18.3 Å². The van der Waals surface area contributed by atoms with E-state index >= 15 is 0 Å². The number of amides is 1. The predicted molar refractivity (Wildman–Crippen MR) is 80.5 cm³/mol. The van der Waals surface area contributed by atoms with Gasteiger partial charge >= 0.3 is 6.61 Å². The molecule has 22 heavy (non-hydrogen) atoms. The lowest BCUT2D eigenvalue weighted by Gasteiger charge is -2.23. The van der Waals surface area contributed by atoms with Crippen LogP contribution in [0.3, 0.4) is 0 Å². The molecule has 1 unspecified atom stereocenters. The number of hydrogen-bond acceptors (Lipinski definition) is 3. The van der Waals surface area contributed by atoms with Crippen molar-refractivity contribution in [3.63, 3.8) is 0 Å².